The van der Waals surface area contributed by atoms with E-state index in [1.54, 1.807) is 13.1 Å². The summed E-state index contributed by atoms with van der Waals surface area (Å²) in [6.07, 6.45) is -0.813. The summed E-state index contributed by atoms with van der Waals surface area (Å²) in [5, 5.41) is 0. The highest BCUT2D eigenvalue weighted by Crippen LogP contribution is 2.32. The molecule has 2 aliphatic rings. The molecule has 1 aromatic rings. The van der Waals surface area contributed by atoms with Crippen LogP contribution >= 0.6 is 0 Å². The molecule has 1 aromatic carbocycles. The van der Waals surface area contributed by atoms with Gasteiger partial charge in [-0.05, 0) is 30.4 Å². The minimum Gasteiger partial charge on any atom is -0.378 e. The molecule has 1 saturated carbocycles. The first-order valence-corrected chi connectivity index (χ1v) is 9.08. The number of halogens is 3. The molecule has 1 aliphatic carbocycles. The second kappa shape index (κ2) is 7.96. The Balaban J connectivity index is 1.68. The fraction of sp³-hybridized carbons (Fsp3) is 0.632. The maximum atomic E-state index is 13.2. The van der Waals surface area contributed by atoms with E-state index < -0.39 is 17.8 Å². The number of hydrogen-bond acceptors (Lipinski definition) is 3. The minimum absolute atomic E-state index is 0.0672. The van der Waals surface area contributed by atoms with Crippen LogP contribution in [-0.4, -0.2) is 55.1 Å². The Morgan fingerprint density at radius 2 is 2.04 bits per heavy atom. The van der Waals surface area contributed by atoms with E-state index in [4.69, 9.17) is 4.74 Å². The molecule has 4 nitrogen and oxygen atoms in total. The zero-order chi connectivity index (χ0) is 18.7. The molecule has 0 spiro atoms. The van der Waals surface area contributed by atoms with Crippen molar-refractivity contribution in [1.29, 1.82) is 0 Å². The molecule has 2 fully saturated rings. The molecule has 1 unspecified atom stereocenters. The van der Waals surface area contributed by atoms with Crippen molar-refractivity contribution in [3.63, 3.8) is 0 Å². The first kappa shape index (κ1) is 19.2. The molecule has 1 amide bonds. The molecular formula is C19H25F3N2O2. The van der Waals surface area contributed by atoms with Gasteiger partial charge in [0.05, 0.1) is 18.8 Å². The highest BCUT2D eigenvalue weighted by atomic mass is 19.4. The van der Waals surface area contributed by atoms with Crippen molar-refractivity contribution in [3.8, 4) is 0 Å². The first-order chi connectivity index (χ1) is 12.4. The van der Waals surface area contributed by atoms with E-state index >= 15 is 0 Å². The lowest BCUT2D eigenvalue weighted by Crippen LogP contribution is -2.55. The average Bonchev–Trinajstić information content (AvgIpc) is 2.57. The van der Waals surface area contributed by atoms with Crippen molar-refractivity contribution in [3.05, 3.63) is 35.4 Å². The largest absolute Gasteiger partial charge is 0.416 e. The van der Waals surface area contributed by atoms with Crippen molar-refractivity contribution >= 4 is 5.91 Å². The normalized spacial score (nSPS) is 22.1. The van der Waals surface area contributed by atoms with Crippen LogP contribution in [0.5, 0.6) is 0 Å². The minimum atomic E-state index is -4.43. The molecule has 0 bridgehead atoms. The van der Waals surface area contributed by atoms with Crippen LogP contribution in [0.25, 0.3) is 0 Å². The summed E-state index contributed by atoms with van der Waals surface area (Å²) in [6, 6.07) is 5.00. The molecule has 1 saturated heterocycles. The Hall–Kier alpha value is -1.60. The lowest BCUT2D eigenvalue weighted by molar-refractivity contribution is -0.145. The van der Waals surface area contributed by atoms with Crippen LogP contribution in [0.4, 0.5) is 13.2 Å². The Labute approximate surface area is 151 Å². The lowest BCUT2D eigenvalue weighted by atomic mass is 9.84. The van der Waals surface area contributed by atoms with Gasteiger partial charge in [0.1, 0.15) is 6.04 Å². The van der Waals surface area contributed by atoms with Crippen LogP contribution in [0.2, 0.25) is 0 Å². The molecule has 144 valence electrons. The van der Waals surface area contributed by atoms with E-state index in [0.717, 1.165) is 12.6 Å². The molecule has 0 N–H and O–H groups in total. The van der Waals surface area contributed by atoms with Crippen LogP contribution in [0.3, 0.4) is 0 Å². The molecule has 1 heterocycles. The van der Waals surface area contributed by atoms with Crippen molar-refractivity contribution in [2.45, 2.75) is 38.0 Å². The summed E-state index contributed by atoms with van der Waals surface area (Å²) in [4.78, 5) is 16.4. The van der Waals surface area contributed by atoms with Crippen LogP contribution in [0.1, 0.15) is 30.4 Å². The van der Waals surface area contributed by atoms with Crippen LogP contribution in [0, 0.1) is 5.92 Å². The number of alkyl halides is 3. The molecule has 26 heavy (non-hydrogen) atoms. The Kier molecular flexibility index (Phi) is 5.87. The van der Waals surface area contributed by atoms with Crippen LogP contribution in [-0.2, 0) is 22.3 Å². The Morgan fingerprint density at radius 1 is 1.31 bits per heavy atom. The maximum Gasteiger partial charge on any atom is 0.416 e. The van der Waals surface area contributed by atoms with E-state index in [-0.39, 0.29) is 18.0 Å². The van der Waals surface area contributed by atoms with Gasteiger partial charge in [0.25, 0.3) is 0 Å². The Morgan fingerprint density at radius 3 is 2.69 bits per heavy atom. The number of carbonyl (C=O) groups is 1. The predicted molar refractivity (Wildman–Crippen MR) is 91.4 cm³/mol. The second-order valence-corrected chi connectivity index (χ2v) is 7.23. The van der Waals surface area contributed by atoms with Crippen molar-refractivity contribution in [1.82, 2.24) is 9.80 Å². The van der Waals surface area contributed by atoms with Crippen molar-refractivity contribution in [2.24, 2.45) is 5.92 Å². The second-order valence-electron chi connectivity index (χ2n) is 7.23. The number of nitrogens with zero attached hydrogens (tertiary/aromatic N) is 2. The average molecular weight is 370 g/mol. The zero-order valence-corrected chi connectivity index (χ0v) is 15.0. The van der Waals surface area contributed by atoms with Gasteiger partial charge in [-0.15, -0.1) is 0 Å². The Bertz CT molecular complexity index is 631. The van der Waals surface area contributed by atoms with Gasteiger partial charge in [0.15, 0.2) is 0 Å². The summed E-state index contributed by atoms with van der Waals surface area (Å²) in [6.45, 7) is 2.39. The number of likely N-dealkylation sites (N-methyl/N-ethyl adjacent to an activating group) is 1. The van der Waals surface area contributed by atoms with E-state index in [9.17, 15) is 18.0 Å². The lowest BCUT2D eigenvalue weighted by Gasteiger charge is -2.40. The number of amides is 1. The van der Waals surface area contributed by atoms with Crippen LogP contribution < -0.4 is 0 Å². The summed E-state index contributed by atoms with van der Waals surface area (Å²) in [5.41, 5.74) is -0.580. The van der Waals surface area contributed by atoms with E-state index in [1.807, 2.05) is 0 Å². The van der Waals surface area contributed by atoms with E-state index in [0.29, 0.717) is 25.7 Å². The van der Waals surface area contributed by atoms with Gasteiger partial charge in [0, 0.05) is 26.7 Å². The third-order valence-corrected chi connectivity index (χ3v) is 5.35. The summed E-state index contributed by atoms with van der Waals surface area (Å²) >= 11 is 0. The number of hydrogen-bond donors (Lipinski definition) is 0. The molecular weight excluding hydrogens is 345 g/mol. The van der Waals surface area contributed by atoms with Crippen molar-refractivity contribution < 1.29 is 22.7 Å². The molecule has 0 radical (unpaired) electrons. The molecule has 3 rings (SSSR count). The topological polar surface area (TPSA) is 32.8 Å². The molecule has 7 heteroatoms. The number of rotatable bonds is 5. The van der Waals surface area contributed by atoms with Gasteiger partial charge >= 0.3 is 6.18 Å². The monoisotopic (exact) mass is 370 g/mol. The smallest absolute Gasteiger partial charge is 0.378 e. The third-order valence-electron chi connectivity index (χ3n) is 5.35. The van der Waals surface area contributed by atoms with Crippen molar-refractivity contribution in [2.75, 3.05) is 33.4 Å². The molecule has 1 atom stereocenters. The maximum absolute atomic E-state index is 13.2. The van der Waals surface area contributed by atoms with E-state index in [1.165, 1.54) is 36.3 Å². The summed E-state index contributed by atoms with van der Waals surface area (Å²) in [5.74, 6) is 0.445. The van der Waals surface area contributed by atoms with Gasteiger partial charge in [-0.1, -0.05) is 24.6 Å². The predicted octanol–water partition coefficient (Wildman–Crippen LogP) is 3.16. The number of morpholine rings is 1. The van der Waals surface area contributed by atoms with Gasteiger partial charge in [0.2, 0.25) is 5.91 Å². The first-order valence-electron chi connectivity index (χ1n) is 9.08. The summed E-state index contributed by atoms with van der Waals surface area (Å²) < 4.78 is 45.0. The fourth-order valence-corrected chi connectivity index (χ4v) is 3.61. The highest BCUT2D eigenvalue weighted by Gasteiger charge is 2.36. The van der Waals surface area contributed by atoms with Gasteiger partial charge < -0.3 is 9.64 Å². The quantitative estimate of drug-likeness (QED) is 0.798. The SMILES string of the molecule is CN(Cc1ccccc1C(F)(F)F)C(=O)C1COCCN1CC1CCC1. The van der Waals surface area contributed by atoms with Gasteiger partial charge in [-0.2, -0.15) is 13.2 Å². The summed E-state index contributed by atoms with van der Waals surface area (Å²) in [7, 11) is 1.56. The highest BCUT2D eigenvalue weighted by molar-refractivity contribution is 5.82. The zero-order valence-electron chi connectivity index (χ0n) is 15.0. The molecule has 0 aromatic heterocycles. The standard InChI is InChI=1S/C19H25F3N2O2/c1-23(12-15-7-2-3-8-16(15)19(20,21)22)18(25)17-13-26-10-9-24(17)11-14-5-4-6-14/h2-3,7-8,14,17H,4-6,9-13H2,1H3. The van der Waals surface area contributed by atoms with Gasteiger partial charge in [-0.25, -0.2) is 0 Å². The number of benzene rings is 1. The molecule has 1 aliphatic heterocycles. The van der Waals surface area contributed by atoms with E-state index in [2.05, 4.69) is 4.90 Å². The van der Waals surface area contributed by atoms with Crippen LogP contribution in [0.15, 0.2) is 24.3 Å². The fourth-order valence-electron chi connectivity index (χ4n) is 3.61. The third kappa shape index (κ3) is 4.38. The number of ether oxygens (including phenoxy) is 1. The van der Waals surface area contributed by atoms with Gasteiger partial charge in [-0.3, -0.25) is 9.69 Å². The number of carbonyl (C=O) groups excluding carboxylic acids is 1.